The Labute approximate surface area is 845 Å². The summed E-state index contributed by atoms with van der Waals surface area (Å²) in [6.07, 6.45) is 70.1. The van der Waals surface area contributed by atoms with Gasteiger partial charge in [-0.25, -0.2) is 4.39 Å². The fourth-order valence-corrected chi connectivity index (χ4v) is 20.1. The average molecular weight is 1980 g/mol. The molecule has 0 aliphatic carbocycles. The summed E-state index contributed by atoms with van der Waals surface area (Å²) in [4.78, 5) is 0. The number of nitrogens with one attached hydrogen (secondary N) is 4. The molecular formula is C114H209FN4O16S2. The zero-order chi connectivity index (χ0) is 98.7. The largest absolute Gasteiger partial charge is 0.468 e. The van der Waals surface area contributed by atoms with Crippen molar-refractivity contribution in [1.29, 1.82) is 0 Å². The van der Waals surface area contributed by atoms with E-state index < -0.39 is 110 Å². The molecule has 2 fully saturated rings. The van der Waals surface area contributed by atoms with Crippen molar-refractivity contribution in [2.24, 2.45) is 0 Å². The molecule has 2 aliphatic heterocycles. The number of anilines is 2. The van der Waals surface area contributed by atoms with Gasteiger partial charge in [-0.05, 0) is 93.9 Å². The molecular weight excluding hydrogens is 1760 g/mol. The van der Waals surface area contributed by atoms with Crippen molar-refractivity contribution >= 4 is 46.2 Å². The third-order valence-electron chi connectivity index (χ3n) is 28.9. The smallest absolute Gasteiger partial charge is 0.261 e. The summed E-state index contributed by atoms with van der Waals surface area (Å²) in [5.74, 6) is -0.535. The van der Waals surface area contributed by atoms with Crippen LogP contribution in [0.2, 0.25) is 0 Å². The normalized spacial score (nSPS) is 20.1. The van der Waals surface area contributed by atoms with Gasteiger partial charge in [0.1, 0.15) is 67.9 Å². The van der Waals surface area contributed by atoms with Crippen LogP contribution in [0.25, 0.3) is 0 Å². The van der Waals surface area contributed by atoms with Gasteiger partial charge in [0.05, 0.1) is 54.9 Å². The third kappa shape index (κ3) is 64.7. The van der Waals surface area contributed by atoms with Gasteiger partial charge in [-0.1, -0.05) is 501 Å². The van der Waals surface area contributed by atoms with Gasteiger partial charge in [0.15, 0.2) is 12.6 Å². The number of aliphatic hydroxyl groups is 10. The molecule has 14 N–H and O–H groups in total. The molecule has 17 atom stereocenters. The fourth-order valence-electron chi connectivity index (χ4n) is 19.8. The van der Waals surface area contributed by atoms with E-state index in [0.717, 1.165) is 141 Å². The van der Waals surface area contributed by atoms with E-state index in [9.17, 15) is 55.5 Å². The Bertz CT molecular complexity index is 3010. The van der Waals surface area contributed by atoms with Gasteiger partial charge < -0.3 is 101 Å². The Hall–Kier alpha value is -2.89. The highest BCUT2D eigenvalue weighted by Crippen LogP contribution is 2.31. The van der Waals surface area contributed by atoms with E-state index in [2.05, 4.69) is 42.0 Å². The first-order chi connectivity index (χ1) is 67.0. The third-order valence-corrected chi connectivity index (χ3v) is 29.3. The van der Waals surface area contributed by atoms with Crippen molar-refractivity contribution in [3.05, 3.63) is 60.4 Å². The predicted octanol–water partition coefficient (Wildman–Crippen LogP) is 26.6. The number of hydrogen-bond acceptors (Lipinski definition) is 20. The Balaban J connectivity index is 1.27. The summed E-state index contributed by atoms with van der Waals surface area (Å²) in [7, 11) is 0. The van der Waals surface area contributed by atoms with E-state index in [1.54, 1.807) is 12.1 Å². The molecule has 0 aromatic heterocycles. The molecule has 0 saturated carbocycles. The second-order valence-electron chi connectivity index (χ2n) is 41.2. The number of ether oxygens (including phenoxy) is 6. The van der Waals surface area contributed by atoms with Crippen LogP contribution < -0.4 is 21.3 Å². The molecule has 2 heterocycles. The molecule has 2 aromatic carbocycles. The average Bonchev–Trinajstić information content (AvgIpc) is 1.06. The van der Waals surface area contributed by atoms with E-state index in [1.165, 1.54) is 333 Å². The lowest BCUT2D eigenvalue weighted by molar-refractivity contribution is -0.314. The molecule has 4 unspecified atom stereocenters. The van der Waals surface area contributed by atoms with Crippen LogP contribution >= 0.6 is 24.4 Å². The standard InChI is InChI=1S/C114H209FN4O16S2/c1-4-7-10-13-16-19-22-25-27-29-31-33-35-37-39-41-43-45-49-54-59-64-69-79-88-116-96(90-130-111-109(128)107(126)105(124)100(134-111)91-131-113(136)118-93-81-72-71-73-82-93)103(122)97(120)85-74-66-61-56-52-47-48-53-58-63-68-76-87-99(133-112-110(129)108(127)106(125)101(135-112)92-132-114(137)119-95-84-78-77-83-94(95)115)102(104(123)98(121)86-75-67-62-57-51-24-21-18-15-12-9-6-3)117-89-80-70-65-60-55-50-46-44-42-40-38-36-34-32-30-28-26-23-20-17-14-11-8-5-2/h71-73,77-78,81-84,96-112,116-117,120-129H,4-70,74-76,79-80,85-92H2,1-3H3,(H,118,136)(H,119,137)/t96?,97?,98-,99?,100-,101-,102-,103?,104-,105+,106+,107+,108+,109-,110-,111+,112+/m1/s1. The molecule has 0 spiro atoms. The van der Waals surface area contributed by atoms with Gasteiger partial charge in [-0.3, -0.25) is 0 Å². The molecule has 0 bridgehead atoms. The van der Waals surface area contributed by atoms with E-state index in [-0.39, 0.29) is 35.9 Å². The Morgan fingerprint density at radius 3 is 0.956 bits per heavy atom. The van der Waals surface area contributed by atoms with Gasteiger partial charge >= 0.3 is 0 Å². The molecule has 800 valence electrons. The highest BCUT2D eigenvalue weighted by atomic mass is 32.1. The maximum absolute atomic E-state index is 14.6. The second kappa shape index (κ2) is 88.4. The SMILES string of the molecule is CCCCCCCCCCCCCCCCCCCCCCCCCCNC(CO[C@H]1O[C@H](COC(=S)Nc2ccccc2)[C@H](O)[C@H](O)[C@H]1O)C(O)C(O)CCCCCCCCCCCCCCC(O[C@H]1O[C@H](COC(=S)Nc2ccccc2F)[C@H](O)[C@H](O)[C@H]1O)[C@@H](NCCCCCCCCCCCCCCCCCCCCCCCCCC)[C@H](O)[C@H](O)CCCCCCCCCCCCCC. The molecule has 2 aromatic rings. The Morgan fingerprint density at radius 2 is 0.606 bits per heavy atom. The number of hydrogen-bond donors (Lipinski definition) is 14. The highest BCUT2D eigenvalue weighted by Gasteiger charge is 2.48. The molecule has 137 heavy (non-hydrogen) atoms. The summed E-state index contributed by atoms with van der Waals surface area (Å²) in [5.41, 5.74) is 0.814. The zero-order valence-corrected chi connectivity index (χ0v) is 88.8. The van der Waals surface area contributed by atoms with Crippen molar-refractivity contribution in [2.45, 2.75) is 606 Å². The number of halogens is 1. The topological polar surface area (TPSA) is 306 Å². The van der Waals surface area contributed by atoms with Gasteiger partial charge in [0, 0.05) is 5.69 Å². The Kier molecular flexibility index (Phi) is 81.6. The van der Waals surface area contributed by atoms with E-state index >= 15 is 0 Å². The summed E-state index contributed by atoms with van der Waals surface area (Å²) < 4.78 is 51.3. The molecule has 0 amide bonds. The van der Waals surface area contributed by atoms with Gasteiger partial charge in [-0.2, -0.15) is 0 Å². The van der Waals surface area contributed by atoms with Crippen LogP contribution in [0.4, 0.5) is 15.8 Å². The summed E-state index contributed by atoms with van der Waals surface area (Å²) in [5, 5.41) is 128. The van der Waals surface area contributed by atoms with Crippen LogP contribution in [-0.2, 0) is 28.4 Å². The lowest BCUT2D eigenvalue weighted by Crippen LogP contribution is -2.62. The van der Waals surface area contributed by atoms with Gasteiger partial charge in [0.25, 0.3) is 10.3 Å². The first-order valence-corrected chi connectivity index (χ1v) is 58.3. The molecule has 20 nitrogen and oxygen atoms in total. The van der Waals surface area contributed by atoms with Crippen molar-refractivity contribution in [1.82, 2.24) is 10.6 Å². The minimum absolute atomic E-state index is 0.0395. The van der Waals surface area contributed by atoms with Crippen molar-refractivity contribution in [3.63, 3.8) is 0 Å². The second-order valence-corrected chi connectivity index (χ2v) is 42.0. The molecule has 0 radical (unpaired) electrons. The van der Waals surface area contributed by atoms with Crippen molar-refractivity contribution in [3.8, 4) is 0 Å². The number of rotatable bonds is 96. The molecule has 4 rings (SSSR count). The summed E-state index contributed by atoms with van der Waals surface area (Å²) >= 11 is 10.8. The first-order valence-electron chi connectivity index (χ1n) is 57.5. The number of para-hydroxylation sites is 2. The fraction of sp³-hybridized carbons (Fsp3) is 0.877. The zero-order valence-electron chi connectivity index (χ0n) is 87.2. The first kappa shape index (κ1) is 126. The minimum atomic E-state index is -1.69. The van der Waals surface area contributed by atoms with Crippen LogP contribution in [0, 0.1) is 5.82 Å². The minimum Gasteiger partial charge on any atom is -0.468 e. The molecule has 2 saturated heterocycles. The maximum atomic E-state index is 14.6. The highest BCUT2D eigenvalue weighted by molar-refractivity contribution is 7.80. The van der Waals surface area contributed by atoms with E-state index in [0.29, 0.717) is 38.0 Å². The van der Waals surface area contributed by atoms with Gasteiger partial charge in [-0.15, -0.1) is 0 Å². The lowest BCUT2D eigenvalue weighted by Gasteiger charge is -2.43. The molecule has 2 aliphatic rings. The quantitative estimate of drug-likeness (QED) is 0.0216. The molecule has 23 heteroatoms. The number of thiocarbonyl (C=S) groups is 2. The predicted molar refractivity (Wildman–Crippen MR) is 572 cm³/mol. The Morgan fingerprint density at radius 1 is 0.321 bits per heavy atom. The van der Waals surface area contributed by atoms with Crippen LogP contribution in [-0.4, -0.2) is 198 Å². The van der Waals surface area contributed by atoms with Gasteiger partial charge in [0.2, 0.25) is 0 Å². The lowest BCUT2D eigenvalue weighted by atomic mass is 9.92. The van der Waals surface area contributed by atoms with E-state index in [4.69, 9.17) is 52.9 Å². The van der Waals surface area contributed by atoms with E-state index in [1.807, 2.05) is 30.3 Å². The van der Waals surface area contributed by atoms with Crippen LogP contribution in [0.15, 0.2) is 54.6 Å². The van der Waals surface area contributed by atoms with Crippen LogP contribution in [0.5, 0.6) is 0 Å². The van der Waals surface area contributed by atoms with Crippen molar-refractivity contribution < 1.29 is 83.9 Å². The van der Waals surface area contributed by atoms with Crippen LogP contribution in [0.3, 0.4) is 0 Å². The maximum Gasteiger partial charge on any atom is 0.261 e. The van der Waals surface area contributed by atoms with Crippen molar-refractivity contribution in [2.75, 3.05) is 43.5 Å². The summed E-state index contributed by atoms with van der Waals surface area (Å²) in [6.45, 7) is 7.25. The number of aliphatic hydroxyl groups excluding tert-OH is 10. The summed E-state index contributed by atoms with van der Waals surface area (Å²) in [6, 6.07) is 13.8. The monoisotopic (exact) mass is 1970 g/mol. The number of benzene rings is 2. The van der Waals surface area contributed by atoms with Crippen LogP contribution in [0.1, 0.15) is 502 Å². The number of unbranched alkanes of at least 4 members (excludes halogenated alkanes) is 68.